The second kappa shape index (κ2) is 9.56. The van der Waals surface area contributed by atoms with Crippen LogP contribution in [0.25, 0.3) is 11.3 Å². The van der Waals surface area contributed by atoms with Gasteiger partial charge in [0.2, 0.25) is 0 Å². The Balaban J connectivity index is 1.52. The van der Waals surface area contributed by atoms with Gasteiger partial charge in [0.1, 0.15) is 29.1 Å². The number of benzene rings is 2. The van der Waals surface area contributed by atoms with Crippen molar-refractivity contribution in [2.45, 2.75) is 18.6 Å². The van der Waals surface area contributed by atoms with E-state index in [1.165, 1.54) is 6.07 Å². The molecule has 1 aliphatic rings. The Morgan fingerprint density at radius 3 is 2.65 bits per heavy atom. The number of aromatic nitrogens is 1. The summed E-state index contributed by atoms with van der Waals surface area (Å²) in [6, 6.07) is 21.8. The van der Waals surface area contributed by atoms with Gasteiger partial charge in [0, 0.05) is 17.2 Å². The number of nitrogens with one attached hydrogen (secondary N) is 1. The Kier molecular flexibility index (Phi) is 6.34. The zero-order valence-electron chi connectivity index (χ0n) is 18.2. The molecule has 2 aromatic heterocycles. The molecule has 5 rings (SSSR count). The number of nitrogens with zero attached hydrogens (tertiary/aromatic N) is 2. The first-order valence-electron chi connectivity index (χ1n) is 10.7. The molecule has 5 nitrogen and oxygen atoms in total. The van der Waals surface area contributed by atoms with Crippen LogP contribution in [0.2, 0.25) is 0 Å². The average Bonchev–Trinajstić information content (AvgIpc) is 3.45. The molecule has 34 heavy (non-hydrogen) atoms. The predicted octanol–water partition coefficient (Wildman–Crippen LogP) is 6.42. The van der Waals surface area contributed by atoms with Crippen molar-refractivity contribution < 1.29 is 13.5 Å². The van der Waals surface area contributed by atoms with Crippen LogP contribution in [-0.4, -0.2) is 22.1 Å². The fraction of sp³-hybridized carbons (Fsp3) is 0.154. The summed E-state index contributed by atoms with van der Waals surface area (Å²) in [5.74, 6) is 1.57. The first-order chi connectivity index (χ1) is 16.5. The van der Waals surface area contributed by atoms with E-state index in [1.807, 2.05) is 48.5 Å². The van der Waals surface area contributed by atoms with Crippen LogP contribution in [0.3, 0.4) is 0 Å². The molecule has 3 heterocycles. The van der Waals surface area contributed by atoms with Gasteiger partial charge in [0.25, 0.3) is 0 Å². The number of rotatable bonds is 6. The summed E-state index contributed by atoms with van der Waals surface area (Å²) in [5.41, 5.74) is 2.32. The minimum absolute atomic E-state index is 0.222. The molecule has 1 aliphatic heterocycles. The van der Waals surface area contributed by atoms with Crippen molar-refractivity contribution in [3.8, 4) is 17.1 Å². The summed E-state index contributed by atoms with van der Waals surface area (Å²) < 4.78 is 26.8. The van der Waals surface area contributed by atoms with Gasteiger partial charge >= 0.3 is 0 Å². The monoisotopic (exact) mass is 537 g/mol. The van der Waals surface area contributed by atoms with Crippen molar-refractivity contribution in [3.05, 3.63) is 106 Å². The number of thiocarbonyl (C=S) groups is 1. The SMILES string of the molecule is COc1ccc(CN2C(=S)N[C@@H](c3ccccn3)[C@@H]2c2ccc(-c3ccc(Br)cc3F)o2)cc1. The number of halogens is 2. The molecule has 0 radical (unpaired) electrons. The second-order valence-corrected chi connectivity index (χ2v) is 9.23. The van der Waals surface area contributed by atoms with Gasteiger partial charge in [-0.3, -0.25) is 4.98 Å². The number of pyridine rings is 1. The normalized spacial score (nSPS) is 17.6. The van der Waals surface area contributed by atoms with Gasteiger partial charge in [-0.25, -0.2) is 4.39 Å². The van der Waals surface area contributed by atoms with E-state index in [2.05, 4.69) is 31.1 Å². The molecule has 0 spiro atoms. The average molecular weight is 538 g/mol. The third-order valence-corrected chi connectivity index (χ3v) is 6.67. The first-order valence-corrected chi connectivity index (χ1v) is 11.9. The molecule has 0 aliphatic carbocycles. The Hall–Kier alpha value is -3.23. The number of hydrogen-bond donors (Lipinski definition) is 1. The summed E-state index contributed by atoms with van der Waals surface area (Å²) in [4.78, 5) is 6.63. The lowest BCUT2D eigenvalue weighted by atomic mass is 10.0. The minimum atomic E-state index is -0.355. The predicted molar refractivity (Wildman–Crippen MR) is 136 cm³/mol. The maximum atomic E-state index is 14.6. The van der Waals surface area contributed by atoms with Gasteiger partial charge in [-0.1, -0.05) is 34.1 Å². The van der Waals surface area contributed by atoms with Crippen LogP contribution < -0.4 is 10.1 Å². The summed E-state index contributed by atoms with van der Waals surface area (Å²) in [6.07, 6.45) is 1.76. The zero-order valence-corrected chi connectivity index (χ0v) is 20.6. The van der Waals surface area contributed by atoms with Crippen LogP contribution in [0.5, 0.6) is 5.75 Å². The van der Waals surface area contributed by atoms with Crippen molar-refractivity contribution in [2.75, 3.05) is 7.11 Å². The number of ether oxygens (including phenoxy) is 1. The van der Waals surface area contributed by atoms with Gasteiger partial charge < -0.3 is 19.4 Å². The smallest absolute Gasteiger partial charge is 0.170 e. The highest BCUT2D eigenvalue weighted by molar-refractivity contribution is 9.10. The molecule has 1 fully saturated rings. The van der Waals surface area contributed by atoms with Crippen LogP contribution in [0, 0.1) is 5.82 Å². The first kappa shape index (κ1) is 22.6. The molecular weight excluding hydrogens is 517 g/mol. The largest absolute Gasteiger partial charge is 0.497 e. The molecule has 8 heteroatoms. The molecule has 1 N–H and O–H groups in total. The maximum Gasteiger partial charge on any atom is 0.170 e. The standard InChI is InChI=1S/C26H21BrFN3O2S/c1-32-18-8-5-16(6-9-18)15-31-25(24(30-26(31)34)21-4-2-3-13-29-21)23-12-11-22(33-23)19-10-7-17(27)14-20(19)28/h2-14,24-25H,15H2,1H3,(H,30,34)/t24-,25-/m0/s1. The molecule has 2 aromatic carbocycles. The minimum Gasteiger partial charge on any atom is -0.497 e. The number of furan rings is 1. The van der Waals surface area contributed by atoms with Crippen molar-refractivity contribution in [1.29, 1.82) is 0 Å². The van der Waals surface area contributed by atoms with E-state index in [4.69, 9.17) is 21.4 Å². The van der Waals surface area contributed by atoms with E-state index in [0.29, 0.717) is 33.2 Å². The molecule has 0 amide bonds. The fourth-order valence-electron chi connectivity index (χ4n) is 4.16. The van der Waals surface area contributed by atoms with Gasteiger partial charge in [0.05, 0.1) is 24.4 Å². The third-order valence-electron chi connectivity index (χ3n) is 5.82. The summed E-state index contributed by atoms with van der Waals surface area (Å²) >= 11 is 9.04. The Morgan fingerprint density at radius 2 is 1.94 bits per heavy atom. The topological polar surface area (TPSA) is 50.5 Å². The van der Waals surface area contributed by atoms with Crippen molar-refractivity contribution in [2.24, 2.45) is 0 Å². The molecule has 0 unspecified atom stereocenters. The highest BCUT2D eigenvalue weighted by atomic mass is 79.9. The van der Waals surface area contributed by atoms with E-state index in [1.54, 1.807) is 31.5 Å². The zero-order chi connectivity index (χ0) is 23.7. The van der Waals surface area contributed by atoms with Gasteiger partial charge in [0.15, 0.2) is 5.11 Å². The van der Waals surface area contributed by atoms with Crippen LogP contribution in [-0.2, 0) is 6.54 Å². The Labute approximate surface area is 210 Å². The number of methoxy groups -OCH3 is 1. The maximum absolute atomic E-state index is 14.6. The second-order valence-electron chi connectivity index (χ2n) is 7.93. The highest BCUT2D eigenvalue weighted by Crippen LogP contribution is 2.41. The van der Waals surface area contributed by atoms with Crippen LogP contribution >= 0.6 is 28.1 Å². The van der Waals surface area contributed by atoms with Crippen LogP contribution in [0.1, 0.15) is 29.1 Å². The number of hydrogen-bond acceptors (Lipinski definition) is 4. The van der Waals surface area contributed by atoms with Crippen molar-refractivity contribution in [1.82, 2.24) is 15.2 Å². The summed E-state index contributed by atoms with van der Waals surface area (Å²) in [7, 11) is 1.64. The van der Waals surface area contributed by atoms with Crippen LogP contribution in [0.15, 0.2) is 87.9 Å². The van der Waals surface area contributed by atoms with Gasteiger partial charge in [-0.2, -0.15) is 0 Å². The molecule has 4 aromatic rings. The van der Waals surface area contributed by atoms with E-state index in [9.17, 15) is 4.39 Å². The van der Waals surface area contributed by atoms with Crippen molar-refractivity contribution >= 4 is 33.3 Å². The molecule has 172 valence electrons. The quantitative estimate of drug-likeness (QED) is 0.286. The molecule has 0 saturated carbocycles. The fourth-order valence-corrected chi connectivity index (χ4v) is 4.80. The van der Waals surface area contributed by atoms with Gasteiger partial charge in [-0.15, -0.1) is 0 Å². The summed E-state index contributed by atoms with van der Waals surface area (Å²) in [6.45, 7) is 0.562. The van der Waals surface area contributed by atoms with Crippen molar-refractivity contribution in [3.63, 3.8) is 0 Å². The highest BCUT2D eigenvalue weighted by Gasteiger charge is 2.41. The third kappa shape index (κ3) is 4.43. The lowest BCUT2D eigenvalue weighted by Gasteiger charge is -2.26. The molecular formula is C26H21BrFN3O2S. The lowest BCUT2D eigenvalue weighted by Crippen LogP contribution is -2.29. The summed E-state index contributed by atoms with van der Waals surface area (Å²) in [5, 5.41) is 4.01. The molecule has 1 saturated heterocycles. The van der Waals surface area contributed by atoms with E-state index in [0.717, 1.165) is 17.0 Å². The van der Waals surface area contributed by atoms with Gasteiger partial charge in [-0.05, 0) is 72.4 Å². The molecule has 2 atom stereocenters. The Bertz CT molecular complexity index is 1310. The molecule has 0 bridgehead atoms. The van der Waals surface area contributed by atoms with E-state index < -0.39 is 0 Å². The van der Waals surface area contributed by atoms with E-state index in [-0.39, 0.29) is 17.9 Å². The Morgan fingerprint density at radius 1 is 1.12 bits per heavy atom. The van der Waals surface area contributed by atoms with E-state index >= 15 is 0 Å². The van der Waals surface area contributed by atoms with Crippen LogP contribution in [0.4, 0.5) is 4.39 Å². The lowest BCUT2D eigenvalue weighted by molar-refractivity contribution is 0.269.